The van der Waals surface area contributed by atoms with Crippen molar-refractivity contribution in [2.75, 3.05) is 19.7 Å². The van der Waals surface area contributed by atoms with Crippen molar-refractivity contribution < 1.29 is 14.3 Å². The monoisotopic (exact) mass is 374 g/mol. The summed E-state index contributed by atoms with van der Waals surface area (Å²) >= 11 is 0. The Kier molecular flexibility index (Phi) is 4.69. The van der Waals surface area contributed by atoms with Crippen LogP contribution in [0.3, 0.4) is 0 Å². The molecule has 27 heavy (non-hydrogen) atoms. The molecule has 0 radical (unpaired) electrons. The predicted molar refractivity (Wildman–Crippen MR) is 102 cm³/mol. The fourth-order valence-corrected chi connectivity index (χ4v) is 5.85. The zero-order chi connectivity index (χ0) is 18.4. The van der Waals surface area contributed by atoms with Crippen LogP contribution in [0.25, 0.3) is 0 Å². The Bertz CT molecular complexity index is 584. The van der Waals surface area contributed by atoms with Gasteiger partial charge in [0.25, 0.3) is 5.91 Å². The molecule has 2 heterocycles. The van der Waals surface area contributed by atoms with E-state index in [2.05, 4.69) is 9.80 Å². The fraction of sp³-hybridized carbons (Fsp3) is 0.909. The zero-order valence-corrected chi connectivity index (χ0v) is 16.5. The molecule has 5 nitrogen and oxygen atoms in total. The van der Waals surface area contributed by atoms with Crippen molar-refractivity contribution in [1.29, 1.82) is 0 Å². The summed E-state index contributed by atoms with van der Waals surface area (Å²) in [6, 6.07) is 0.307. The largest absolute Gasteiger partial charge is 0.366 e. The van der Waals surface area contributed by atoms with Crippen molar-refractivity contribution >= 4 is 11.8 Å². The van der Waals surface area contributed by atoms with Crippen molar-refractivity contribution in [3.8, 4) is 0 Å². The van der Waals surface area contributed by atoms with Crippen LogP contribution >= 0.6 is 0 Å². The lowest BCUT2D eigenvalue weighted by atomic mass is 9.68. The molecule has 3 aliphatic carbocycles. The number of hydrogen-bond acceptors (Lipinski definition) is 3. The van der Waals surface area contributed by atoms with Crippen molar-refractivity contribution in [3.63, 3.8) is 0 Å². The number of hydrogen-bond donors (Lipinski definition) is 0. The van der Waals surface area contributed by atoms with Gasteiger partial charge >= 0.3 is 0 Å². The van der Waals surface area contributed by atoms with E-state index in [1.54, 1.807) is 0 Å². The van der Waals surface area contributed by atoms with E-state index < -0.39 is 0 Å². The van der Waals surface area contributed by atoms with Gasteiger partial charge in [-0.2, -0.15) is 0 Å². The third-order valence-electron chi connectivity index (χ3n) is 7.94. The van der Waals surface area contributed by atoms with Crippen LogP contribution in [0.1, 0.15) is 77.0 Å². The maximum atomic E-state index is 13.1. The number of rotatable bonds is 5. The summed E-state index contributed by atoms with van der Waals surface area (Å²) in [5.41, 5.74) is -0.0327. The lowest BCUT2D eigenvalue weighted by Crippen LogP contribution is -2.78. The SMILES string of the molecule is O=C(C1CCC1)N1CCC(N2C(=O)C(OCC3CC3)C23CCCCC3)CC1. The van der Waals surface area contributed by atoms with Gasteiger partial charge in [-0.05, 0) is 57.3 Å². The highest BCUT2D eigenvalue weighted by atomic mass is 16.5. The van der Waals surface area contributed by atoms with Gasteiger partial charge in [-0.15, -0.1) is 0 Å². The molecule has 5 aliphatic rings. The summed E-state index contributed by atoms with van der Waals surface area (Å²) in [6.45, 7) is 2.43. The Morgan fingerprint density at radius 2 is 1.67 bits per heavy atom. The first-order valence-corrected chi connectivity index (χ1v) is 11.4. The number of nitrogens with zero attached hydrogens (tertiary/aromatic N) is 2. The van der Waals surface area contributed by atoms with Crippen LogP contribution in [0.15, 0.2) is 0 Å². The summed E-state index contributed by atoms with van der Waals surface area (Å²) in [5.74, 6) is 1.60. The molecule has 1 unspecified atom stereocenters. The molecule has 3 saturated carbocycles. The van der Waals surface area contributed by atoms with Crippen LogP contribution in [-0.4, -0.2) is 59.0 Å². The third-order valence-corrected chi connectivity index (χ3v) is 7.94. The fourth-order valence-electron chi connectivity index (χ4n) is 5.85. The van der Waals surface area contributed by atoms with Gasteiger partial charge in [0.1, 0.15) is 0 Å². The topological polar surface area (TPSA) is 49.9 Å². The van der Waals surface area contributed by atoms with Gasteiger partial charge in [0.15, 0.2) is 6.10 Å². The number of ether oxygens (including phenoxy) is 1. The van der Waals surface area contributed by atoms with E-state index in [-0.39, 0.29) is 23.5 Å². The molecule has 2 amide bonds. The van der Waals surface area contributed by atoms with Crippen LogP contribution in [0.4, 0.5) is 0 Å². The average molecular weight is 375 g/mol. The maximum Gasteiger partial charge on any atom is 0.254 e. The molecular formula is C22H34N2O3. The normalized spacial score (nSPS) is 31.7. The third kappa shape index (κ3) is 3.10. The van der Waals surface area contributed by atoms with Crippen molar-refractivity contribution in [3.05, 3.63) is 0 Å². The highest BCUT2D eigenvalue weighted by Crippen LogP contribution is 2.49. The summed E-state index contributed by atoms with van der Waals surface area (Å²) in [4.78, 5) is 29.9. The first-order chi connectivity index (χ1) is 13.2. The van der Waals surface area contributed by atoms with Gasteiger partial charge in [-0.1, -0.05) is 25.7 Å². The Morgan fingerprint density at radius 1 is 0.963 bits per heavy atom. The number of likely N-dealkylation sites (tertiary alicyclic amines) is 2. The quantitative estimate of drug-likeness (QED) is 0.695. The van der Waals surface area contributed by atoms with E-state index in [0.29, 0.717) is 17.9 Å². The summed E-state index contributed by atoms with van der Waals surface area (Å²) in [7, 11) is 0. The number of carbonyl (C=O) groups excluding carboxylic acids is 2. The molecule has 0 aromatic carbocycles. The summed E-state index contributed by atoms with van der Waals surface area (Å²) in [6.07, 6.45) is 13.5. The van der Waals surface area contributed by atoms with Crippen LogP contribution in [0.5, 0.6) is 0 Å². The van der Waals surface area contributed by atoms with Gasteiger partial charge in [0.05, 0.1) is 12.1 Å². The van der Waals surface area contributed by atoms with E-state index in [0.717, 1.165) is 58.2 Å². The molecule has 1 spiro atoms. The molecule has 0 aromatic rings. The molecule has 150 valence electrons. The minimum atomic E-state index is -0.187. The van der Waals surface area contributed by atoms with Gasteiger partial charge in [-0.25, -0.2) is 0 Å². The second-order valence-corrected chi connectivity index (χ2v) is 9.71. The lowest BCUT2D eigenvalue weighted by molar-refractivity contribution is -0.211. The van der Waals surface area contributed by atoms with Gasteiger partial charge in [0.2, 0.25) is 5.91 Å². The minimum absolute atomic E-state index is 0.0327. The first kappa shape index (κ1) is 18.0. The van der Waals surface area contributed by atoms with Crippen LogP contribution in [0.2, 0.25) is 0 Å². The van der Waals surface area contributed by atoms with Crippen molar-refractivity contribution in [2.24, 2.45) is 11.8 Å². The predicted octanol–water partition coefficient (Wildman–Crippen LogP) is 3.12. The standard InChI is InChI=1S/C22H34N2O3/c25-20(17-5-4-6-17)23-13-9-18(10-14-23)24-21(26)19(27-15-16-7-8-16)22(24)11-2-1-3-12-22/h16-19H,1-15H2. The highest BCUT2D eigenvalue weighted by molar-refractivity contribution is 5.91. The Morgan fingerprint density at radius 3 is 2.26 bits per heavy atom. The van der Waals surface area contributed by atoms with Crippen LogP contribution < -0.4 is 0 Å². The average Bonchev–Trinajstić information content (AvgIpc) is 3.46. The number of β-lactam (4-membered cyclic amide) rings is 1. The summed E-state index contributed by atoms with van der Waals surface area (Å²) < 4.78 is 6.19. The second-order valence-electron chi connectivity index (χ2n) is 9.71. The van der Waals surface area contributed by atoms with Crippen LogP contribution in [-0.2, 0) is 14.3 Å². The lowest BCUT2D eigenvalue weighted by Gasteiger charge is -2.62. The second kappa shape index (κ2) is 7.06. The molecule has 0 aromatic heterocycles. The number of carbonyl (C=O) groups is 2. The molecule has 0 N–H and O–H groups in total. The van der Waals surface area contributed by atoms with Crippen molar-refractivity contribution in [1.82, 2.24) is 9.80 Å². The number of amides is 2. The molecule has 0 bridgehead atoms. The number of piperidine rings is 1. The molecule has 5 rings (SSSR count). The highest BCUT2D eigenvalue weighted by Gasteiger charge is 2.62. The minimum Gasteiger partial charge on any atom is -0.366 e. The Labute approximate surface area is 162 Å². The summed E-state index contributed by atoms with van der Waals surface area (Å²) in [5, 5.41) is 0. The Hall–Kier alpha value is -1.10. The van der Waals surface area contributed by atoms with E-state index in [1.807, 2.05) is 0 Å². The van der Waals surface area contributed by atoms with Gasteiger partial charge in [-0.3, -0.25) is 9.59 Å². The molecular weight excluding hydrogens is 340 g/mol. The van der Waals surface area contributed by atoms with E-state index in [1.165, 1.54) is 38.5 Å². The first-order valence-electron chi connectivity index (χ1n) is 11.4. The van der Waals surface area contributed by atoms with Gasteiger partial charge in [0, 0.05) is 25.0 Å². The van der Waals surface area contributed by atoms with E-state index in [4.69, 9.17) is 4.74 Å². The molecule has 2 saturated heterocycles. The van der Waals surface area contributed by atoms with Crippen molar-refractivity contribution in [2.45, 2.75) is 94.7 Å². The van der Waals surface area contributed by atoms with Gasteiger partial charge < -0.3 is 14.5 Å². The van der Waals surface area contributed by atoms with Crippen LogP contribution in [0, 0.1) is 11.8 Å². The van der Waals surface area contributed by atoms with E-state index in [9.17, 15) is 9.59 Å². The molecule has 5 fully saturated rings. The molecule has 1 atom stereocenters. The van der Waals surface area contributed by atoms with E-state index >= 15 is 0 Å². The molecule has 2 aliphatic heterocycles. The zero-order valence-electron chi connectivity index (χ0n) is 16.5. The maximum absolute atomic E-state index is 13.1. The molecule has 5 heteroatoms. The Balaban J connectivity index is 1.23. The smallest absolute Gasteiger partial charge is 0.254 e.